The van der Waals surface area contributed by atoms with Gasteiger partial charge < -0.3 is 0 Å². The highest BCUT2D eigenvalue weighted by Gasteiger charge is 2.28. The predicted octanol–water partition coefficient (Wildman–Crippen LogP) is 7.92. The van der Waals surface area contributed by atoms with E-state index in [1.807, 2.05) is 0 Å². The number of benzene rings is 3. The van der Waals surface area contributed by atoms with Gasteiger partial charge >= 0.3 is 0 Å². The topological polar surface area (TPSA) is 0 Å². The molecule has 0 aliphatic rings. The molecule has 0 radical (unpaired) electrons. The molecule has 0 aliphatic carbocycles. The molecule has 0 bridgehead atoms. The molecule has 0 fully saturated rings. The lowest BCUT2D eigenvalue weighted by molar-refractivity contribution is 0.571. The van der Waals surface area contributed by atoms with Gasteiger partial charge in [-0.1, -0.05) is 114 Å². The maximum atomic E-state index is 2.38. The molecule has 0 aliphatic heterocycles. The van der Waals surface area contributed by atoms with E-state index in [0.717, 1.165) is 0 Å². The molecule has 3 aromatic carbocycles. The predicted molar refractivity (Wildman–Crippen MR) is 119 cm³/mol. The van der Waals surface area contributed by atoms with E-state index in [4.69, 9.17) is 0 Å². The van der Waals surface area contributed by atoms with Gasteiger partial charge in [-0.05, 0) is 51.1 Å². The van der Waals surface area contributed by atoms with E-state index in [0.29, 0.717) is 0 Å². The van der Waals surface area contributed by atoms with Gasteiger partial charge in [0.15, 0.2) is 0 Å². The summed E-state index contributed by atoms with van der Waals surface area (Å²) >= 11 is 0. The van der Waals surface area contributed by atoms with Gasteiger partial charge in [-0.15, -0.1) is 0 Å². The van der Waals surface area contributed by atoms with Crippen molar-refractivity contribution in [2.24, 2.45) is 0 Å². The van der Waals surface area contributed by atoms with Gasteiger partial charge in [0.05, 0.1) is 0 Å². The van der Waals surface area contributed by atoms with Crippen molar-refractivity contribution >= 4 is 0 Å². The van der Waals surface area contributed by atoms with Gasteiger partial charge in [0.1, 0.15) is 0 Å². The lowest BCUT2D eigenvalue weighted by Gasteiger charge is -2.32. The van der Waals surface area contributed by atoms with Crippen LogP contribution in [0.3, 0.4) is 0 Å². The van der Waals surface area contributed by atoms with Crippen molar-refractivity contribution in [2.75, 3.05) is 0 Å². The Kier molecular flexibility index (Phi) is 5.04. The van der Waals surface area contributed by atoms with Crippen molar-refractivity contribution < 1.29 is 0 Å². The monoisotopic (exact) mass is 356 g/mol. The van der Waals surface area contributed by atoms with Gasteiger partial charge in [0, 0.05) is 0 Å². The van der Waals surface area contributed by atoms with Crippen LogP contribution in [0.1, 0.15) is 58.2 Å². The van der Waals surface area contributed by atoms with Crippen LogP contribution >= 0.6 is 0 Å². The van der Waals surface area contributed by atoms with Gasteiger partial charge in [-0.2, -0.15) is 0 Å². The van der Waals surface area contributed by atoms with Crippen LogP contribution in [0.15, 0.2) is 66.7 Å². The van der Waals surface area contributed by atoms with E-state index in [1.54, 1.807) is 0 Å². The molecular formula is C27H32. The fourth-order valence-corrected chi connectivity index (χ4v) is 3.83. The second-order valence-corrected chi connectivity index (χ2v) is 9.65. The summed E-state index contributed by atoms with van der Waals surface area (Å²) < 4.78 is 0. The van der Waals surface area contributed by atoms with Crippen molar-refractivity contribution in [3.05, 3.63) is 83.4 Å². The SMILES string of the molecule is Cc1cc(C(C)(C)C)c(-c2ccccc2-c2ccccc2)c(C(C)(C)C)c1. The lowest BCUT2D eigenvalue weighted by Crippen LogP contribution is -2.20. The van der Waals surface area contributed by atoms with Crippen LogP contribution in [0, 0.1) is 6.92 Å². The first-order valence-electron chi connectivity index (χ1n) is 9.89. The fraction of sp³-hybridized carbons (Fsp3) is 0.333. The zero-order chi connectivity index (χ0) is 19.8. The summed E-state index contributed by atoms with van der Waals surface area (Å²) in [7, 11) is 0. The number of hydrogen-bond donors (Lipinski definition) is 0. The Morgan fingerprint density at radius 1 is 0.556 bits per heavy atom. The van der Waals surface area contributed by atoms with Crippen LogP contribution in [0.25, 0.3) is 22.3 Å². The molecule has 3 aromatic rings. The summed E-state index contributed by atoms with van der Waals surface area (Å²) in [6.45, 7) is 16.2. The van der Waals surface area contributed by atoms with E-state index in [1.165, 1.54) is 38.9 Å². The number of rotatable bonds is 2. The van der Waals surface area contributed by atoms with Crippen LogP contribution in [-0.2, 0) is 10.8 Å². The number of hydrogen-bond acceptors (Lipinski definition) is 0. The first kappa shape index (κ1) is 19.4. The molecule has 140 valence electrons. The summed E-state index contributed by atoms with van der Waals surface area (Å²) in [5, 5.41) is 0. The highest BCUT2D eigenvalue weighted by atomic mass is 14.3. The first-order valence-corrected chi connectivity index (χ1v) is 9.89. The quantitative estimate of drug-likeness (QED) is 0.437. The highest BCUT2D eigenvalue weighted by Crippen LogP contribution is 2.44. The van der Waals surface area contributed by atoms with E-state index < -0.39 is 0 Å². The third kappa shape index (κ3) is 4.00. The molecule has 0 nitrogen and oxygen atoms in total. The average Bonchev–Trinajstić information content (AvgIpc) is 2.60. The smallest absolute Gasteiger partial charge is 0.00995 e. The van der Waals surface area contributed by atoms with Gasteiger partial charge in [-0.25, -0.2) is 0 Å². The Balaban J connectivity index is 2.42. The molecule has 0 amide bonds. The Hall–Kier alpha value is -2.34. The van der Waals surface area contributed by atoms with Crippen LogP contribution < -0.4 is 0 Å². The number of aryl methyl sites for hydroxylation is 1. The van der Waals surface area contributed by atoms with Crippen molar-refractivity contribution in [1.82, 2.24) is 0 Å². The molecule has 0 saturated carbocycles. The van der Waals surface area contributed by atoms with Gasteiger partial charge in [0.2, 0.25) is 0 Å². The van der Waals surface area contributed by atoms with Gasteiger partial charge in [0.25, 0.3) is 0 Å². The highest BCUT2D eigenvalue weighted by molar-refractivity contribution is 5.87. The molecule has 0 heteroatoms. The molecular weight excluding hydrogens is 324 g/mol. The minimum Gasteiger partial charge on any atom is -0.0622 e. The minimum atomic E-state index is 0.0746. The molecule has 3 rings (SSSR count). The maximum absolute atomic E-state index is 2.38. The molecule has 27 heavy (non-hydrogen) atoms. The molecule has 0 atom stereocenters. The second kappa shape index (κ2) is 7.00. The van der Waals surface area contributed by atoms with Crippen LogP contribution in [0.4, 0.5) is 0 Å². The Morgan fingerprint density at radius 2 is 1.00 bits per heavy atom. The van der Waals surface area contributed by atoms with Crippen LogP contribution in [0.2, 0.25) is 0 Å². The van der Waals surface area contributed by atoms with Gasteiger partial charge in [-0.3, -0.25) is 0 Å². The normalized spacial score (nSPS) is 12.3. The third-order valence-electron chi connectivity index (χ3n) is 5.18. The summed E-state index contributed by atoms with van der Waals surface area (Å²) in [4.78, 5) is 0. The van der Waals surface area contributed by atoms with Crippen LogP contribution in [-0.4, -0.2) is 0 Å². The first-order chi connectivity index (χ1) is 12.6. The van der Waals surface area contributed by atoms with E-state index in [2.05, 4.69) is 115 Å². The van der Waals surface area contributed by atoms with E-state index in [9.17, 15) is 0 Å². The van der Waals surface area contributed by atoms with Crippen molar-refractivity contribution in [1.29, 1.82) is 0 Å². The lowest BCUT2D eigenvalue weighted by atomic mass is 9.72. The zero-order valence-electron chi connectivity index (χ0n) is 17.9. The average molecular weight is 357 g/mol. The van der Waals surface area contributed by atoms with E-state index in [-0.39, 0.29) is 10.8 Å². The maximum Gasteiger partial charge on any atom is -0.00995 e. The Labute approximate surface area is 165 Å². The Morgan fingerprint density at radius 3 is 1.48 bits per heavy atom. The molecule has 0 unspecified atom stereocenters. The second-order valence-electron chi connectivity index (χ2n) is 9.65. The Bertz CT molecular complexity index is 897. The zero-order valence-corrected chi connectivity index (χ0v) is 17.9. The van der Waals surface area contributed by atoms with Crippen molar-refractivity contribution in [2.45, 2.75) is 59.3 Å². The van der Waals surface area contributed by atoms with E-state index >= 15 is 0 Å². The van der Waals surface area contributed by atoms with Crippen LogP contribution in [0.5, 0.6) is 0 Å². The summed E-state index contributed by atoms with van der Waals surface area (Å²) in [5.41, 5.74) is 9.65. The van der Waals surface area contributed by atoms with Crippen molar-refractivity contribution in [3.8, 4) is 22.3 Å². The standard InChI is InChI=1S/C27H32/c1-19-17-23(26(2,3)4)25(24(18-19)27(5,6)7)22-16-12-11-15-21(22)20-13-9-8-10-14-20/h8-18H,1-7H3. The molecule has 0 spiro atoms. The summed E-state index contributed by atoms with van der Waals surface area (Å²) in [6, 6.07) is 24.4. The molecule has 0 saturated heterocycles. The third-order valence-corrected chi connectivity index (χ3v) is 5.18. The minimum absolute atomic E-state index is 0.0746. The fourth-order valence-electron chi connectivity index (χ4n) is 3.83. The molecule has 0 N–H and O–H groups in total. The molecule has 0 heterocycles. The largest absolute Gasteiger partial charge is 0.0622 e. The van der Waals surface area contributed by atoms with Crippen molar-refractivity contribution in [3.63, 3.8) is 0 Å². The summed E-state index contributed by atoms with van der Waals surface area (Å²) in [5.74, 6) is 0. The summed E-state index contributed by atoms with van der Waals surface area (Å²) in [6.07, 6.45) is 0. The molecule has 0 aromatic heterocycles.